The highest BCUT2D eigenvalue weighted by atomic mass is 16.3. The SMILES string of the molecule is O=C1c2cccnc2C(=O)N1CC1(CO)CCCC1. The Balaban J connectivity index is 1.88. The number of imide groups is 1. The van der Waals surface area contributed by atoms with Crippen LogP contribution in [0.15, 0.2) is 18.3 Å². The number of carbonyl (C=O) groups is 2. The summed E-state index contributed by atoms with van der Waals surface area (Å²) in [5.41, 5.74) is 0.296. The Morgan fingerprint density at radius 3 is 2.63 bits per heavy atom. The Labute approximate surface area is 111 Å². The van der Waals surface area contributed by atoms with Crippen molar-refractivity contribution in [2.24, 2.45) is 5.41 Å². The molecular weight excluding hydrogens is 244 g/mol. The molecule has 0 aromatic carbocycles. The monoisotopic (exact) mass is 260 g/mol. The second-order valence-corrected chi connectivity index (χ2v) is 5.46. The predicted molar refractivity (Wildman–Crippen MR) is 67.6 cm³/mol. The summed E-state index contributed by atoms with van der Waals surface area (Å²) in [5.74, 6) is -0.617. The Hall–Kier alpha value is -1.75. The van der Waals surface area contributed by atoms with Crippen LogP contribution in [0.3, 0.4) is 0 Å². The van der Waals surface area contributed by atoms with Crippen molar-refractivity contribution in [2.45, 2.75) is 25.7 Å². The lowest BCUT2D eigenvalue weighted by atomic mass is 9.86. The van der Waals surface area contributed by atoms with Gasteiger partial charge in [0, 0.05) is 18.2 Å². The third kappa shape index (κ3) is 1.85. The molecule has 0 saturated heterocycles. The first-order valence-electron chi connectivity index (χ1n) is 6.59. The molecule has 0 spiro atoms. The highest BCUT2D eigenvalue weighted by molar-refractivity contribution is 6.20. The highest BCUT2D eigenvalue weighted by Crippen LogP contribution is 2.39. The van der Waals surface area contributed by atoms with Crippen molar-refractivity contribution in [2.75, 3.05) is 13.2 Å². The molecule has 3 rings (SSSR count). The molecule has 1 aliphatic carbocycles. The van der Waals surface area contributed by atoms with E-state index in [0.717, 1.165) is 25.7 Å². The van der Waals surface area contributed by atoms with E-state index < -0.39 is 0 Å². The average Bonchev–Trinajstić information content (AvgIpc) is 3.00. The molecule has 5 heteroatoms. The van der Waals surface area contributed by atoms with Crippen LogP contribution in [0.5, 0.6) is 0 Å². The lowest BCUT2D eigenvalue weighted by molar-refractivity contribution is 0.0474. The van der Waals surface area contributed by atoms with E-state index in [-0.39, 0.29) is 29.5 Å². The second-order valence-electron chi connectivity index (χ2n) is 5.46. The van der Waals surface area contributed by atoms with E-state index in [1.807, 2.05) is 0 Å². The molecular formula is C14H16N2O3. The normalized spacial score (nSPS) is 21.0. The summed E-state index contributed by atoms with van der Waals surface area (Å²) in [6.45, 7) is 0.325. The lowest BCUT2D eigenvalue weighted by Gasteiger charge is -2.30. The van der Waals surface area contributed by atoms with E-state index in [1.54, 1.807) is 12.1 Å². The third-order valence-electron chi connectivity index (χ3n) is 4.22. The lowest BCUT2D eigenvalue weighted by Crippen LogP contribution is -2.41. The van der Waals surface area contributed by atoms with Crippen LogP contribution < -0.4 is 0 Å². The summed E-state index contributed by atoms with van der Waals surface area (Å²) in [5, 5.41) is 9.60. The number of pyridine rings is 1. The number of aliphatic hydroxyl groups is 1. The molecule has 5 nitrogen and oxygen atoms in total. The summed E-state index contributed by atoms with van der Waals surface area (Å²) in [6, 6.07) is 3.29. The van der Waals surface area contributed by atoms with E-state index in [9.17, 15) is 14.7 Å². The number of rotatable bonds is 3. The highest BCUT2D eigenvalue weighted by Gasteiger charge is 2.43. The van der Waals surface area contributed by atoms with E-state index in [0.29, 0.717) is 12.1 Å². The van der Waals surface area contributed by atoms with E-state index in [4.69, 9.17) is 0 Å². The Morgan fingerprint density at radius 1 is 1.26 bits per heavy atom. The zero-order chi connectivity index (χ0) is 13.5. The van der Waals surface area contributed by atoms with Crippen molar-refractivity contribution in [3.63, 3.8) is 0 Å². The average molecular weight is 260 g/mol. The van der Waals surface area contributed by atoms with Crippen LogP contribution in [0, 0.1) is 5.41 Å². The first kappa shape index (κ1) is 12.3. The number of aromatic nitrogens is 1. The smallest absolute Gasteiger partial charge is 0.280 e. The van der Waals surface area contributed by atoms with Gasteiger partial charge in [0.15, 0.2) is 0 Å². The maximum Gasteiger partial charge on any atom is 0.280 e. The van der Waals surface area contributed by atoms with Gasteiger partial charge in [-0.2, -0.15) is 0 Å². The molecule has 0 bridgehead atoms. The minimum atomic E-state index is -0.333. The van der Waals surface area contributed by atoms with Crippen LogP contribution in [0.2, 0.25) is 0 Å². The summed E-state index contributed by atoms with van der Waals surface area (Å²) in [6.07, 6.45) is 5.34. The Bertz CT molecular complexity index is 500. The molecule has 1 aliphatic heterocycles. The molecule has 1 fully saturated rings. The van der Waals surface area contributed by atoms with Crippen LogP contribution >= 0.6 is 0 Å². The number of carbonyl (C=O) groups excluding carboxylic acids is 2. The molecule has 100 valence electrons. The zero-order valence-electron chi connectivity index (χ0n) is 10.6. The number of hydrogen-bond donors (Lipinski definition) is 1. The molecule has 19 heavy (non-hydrogen) atoms. The van der Waals surface area contributed by atoms with Gasteiger partial charge in [-0.05, 0) is 25.0 Å². The van der Waals surface area contributed by atoms with Gasteiger partial charge in [0.1, 0.15) is 5.69 Å². The van der Waals surface area contributed by atoms with Crippen LogP contribution in [0.4, 0.5) is 0 Å². The topological polar surface area (TPSA) is 70.5 Å². The first-order valence-corrected chi connectivity index (χ1v) is 6.59. The fourth-order valence-corrected chi connectivity index (χ4v) is 3.08. The van der Waals surface area contributed by atoms with Gasteiger partial charge in [-0.3, -0.25) is 19.5 Å². The van der Waals surface area contributed by atoms with Gasteiger partial charge in [-0.15, -0.1) is 0 Å². The maximum atomic E-state index is 12.2. The molecule has 0 atom stereocenters. The first-order chi connectivity index (χ1) is 9.17. The third-order valence-corrected chi connectivity index (χ3v) is 4.22. The van der Waals surface area contributed by atoms with Crippen LogP contribution in [0.25, 0.3) is 0 Å². The predicted octanol–water partition coefficient (Wildman–Crippen LogP) is 1.23. The number of nitrogens with zero attached hydrogens (tertiary/aromatic N) is 2. The standard InChI is InChI=1S/C14H16N2O3/c17-9-14(5-1-2-6-14)8-16-12(18)10-4-3-7-15-11(10)13(16)19/h3-4,7,17H,1-2,5-6,8-9H2. The molecule has 0 radical (unpaired) electrons. The molecule has 1 aromatic heterocycles. The summed E-state index contributed by atoms with van der Waals surface area (Å²) >= 11 is 0. The van der Waals surface area contributed by atoms with Crippen LogP contribution in [-0.4, -0.2) is 40.0 Å². The second kappa shape index (κ2) is 4.42. The fraction of sp³-hybridized carbons (Fsp3) is 0.500. The number of amides is 2. The summed E-state index contributed by atoms with van der Waals surface area (Å²) in [4.78, 5) is 29.7. The van der Waals surface area contributed by atoms with Crippen molar-refractivity contribution in [3.05, 3.63) is 29.6 Å². The van der Waals surface area contributed by atoms with E-state index in [2.05, 4.69) is 4.98 Å². The Kier molecular flexibility index (Phi) is 2.86. The molecule has 1 N–H and O–H groups in total. The van der Waals surface area contributed by atoms with Gasteiger partial charge in [-0.25, -0.2) is 0 Å². The van der Waals surface area contributed by atoms with E-state index >= 15 is 0 Å². The van der Waals surface area contributed by atoms with Gasteiger partial charge in [-0.1, -0.05) is 12.8 Å². The van der Waals surface area contributed by atoms with Gasteiger partial charge in [0.05, 0.1) is 12.2 Å². The maximum absolute atomic E-state index is 12.2. The van der Waals surface area contributed by atoms with E-state index in [1.165, 1.54) is 11.1 Å². The van der Waals surface area contributed by atoms with Crippen molar-refractivity contribution in [1.29, 1.82) is 0 Å². The minimum absolute atomic E-state index is 0.0217. The van der Waals surface area contributed by atoms with Crippen LogP contribution in [0.1, 0.15) is 46.5 Å². The largest absolute Gasteiger partial charge is 0.396 e. The van der Waals surface area contributed by atoms with Gasteiger partial charge >= 0.3 is 0 Å². The summed E-state index contributed by atoms with van der Waals surface area (Å²) < 4.78 is 0. The number of hydrogen-bond acceptors (Lipinski definition) is 4. The van der Waals surface area contributed by atoms with Crippen molar-refractivity contribution >= 4 is 11.8 Å². The Morgan fingerprint density at radius 2 is 2.00 bits per heavy atom. The number of fused-ring (bicyclic) bond motifs is 1. The van der Waals surface area contributed by atoms with Crippen molar-refractivity contribution in [1.82, 2.24) is 9.88 Å². The molecule has 0 unspecified atom stereocenters. The summed E-state index contributed by atoms with van der Waals surface area (Å²) in [7, 11) is 0. The molecule has 2 amide bonds. The van der Waals surface area contributed by atoms with Gasteiger partial charge < -0.3 is 5.11 Å². The zero-order valence-corrected chi connectivity index (χ0v) is 10.6. The molecule has 2 heterocycles. The van der Waals surface area contributed by atoms with Gasteiger partial charge in [0.25, 0.3) is 11.8 Å². The minimum Gasteiger partial charge on any atom is -0.396 e. The molecule has 1 saturated carbocycles. The molecule has 2 aliphatic rings. The van der Waals surface area contributed by atoms with Gasteiger partial charge in [0.2, 0.25) is 0 Å². The molecule has 1 aromatic rings. The van der Waals surface area contributed by atoms with Crippen molar-refractivity contribution in [3.8, 4) is 0 Å². The number of aliphatic hydroxyl groups excluding tert-OH is 1. The quantitative estimate of drug-likeness (QED) is 0.830. The van der Waals surface area contributed by atoms with Crippen LogP contribution in [-0.2, 0) is 0 Å². The van der Waals surface area contributed by atoms with Crippen molar-refractivity contribution < 1.29 is 14.7 Å². The fourth-order valence-electron chi connectivity index (χ4n) is 3.08.